The number of nitrogens with zero attached hydrogens (tertiary/aromatic N) is 2. The Morgan fingerprint density at radius 1 is 1.21 bits per heavy atom. The van der Waals surface area contributed by atoms with Crippen molar-refractivity contribution in [2.75, 3.05) is 32.0 Å². The van der Waals surface area contributed by atoms with Gasteiger partial charge in [0, 0.05) is 49.5 Å². The maximum Gasteiger partial charge on any atom is 0.339 e. The number of aromatic nitrogens is 1. The van der Waals surface area contributed by atoms with Gasteiger partial charge in [-0.1, -0.05) is 24.3 Å². The van der Waals surface area contributed by atoms with Crippen molar-refractivity contribution in [2.45, 2.75) is 30.7 Å². The van der Waals surface area contributed by atoms with Crippen LogP contribution in [0.4, 0.5) is 5.82 Å². The molecule has 0 bridgehead atoms. The average Bonchev–Trinajstić information content (AvgIpc) is 3.30. The Labute approximate surface area is 176 Å². The minimum absolute atomic E-state index is 0. The van der Waals surface area contributed by atoms with E-state index >= 15 is 0 Å². The number of hydrogen-bond donors (Lipinski definition) is 2. The predicted molar refractivity (Wildman–Crippen MR) is 113 cm³/mol. The summed E-state index contributed by atoms with van der Waals surface area (Å²) in [5.74, 6) is -0.243. The summed E-state index contributed by atoms with van der Waals surface area (Å²) in [6.45, 7) is 4.13. The van der Waals surface area contributed by atoms with Gasteiger partial charge in [0.1, 0.15) is 11.4 Å². The number of hydrogen-bond acceptors (Lipinski definition) is 5. The van der Waals surface area contributed by atoms with Crippen LogP contribution in [-0.2, 0) is 10.2 Å². The smallest absolute Gasteiger partial charge is 0.339 e. The van der Waals surface area contributed by atoms with Crippen LogP contribution in [0.25, 0.3) is 11.1 Å². The fourth-order valence-corrected chi connectivity index (χ4v) is 5.10. The summed E-state index contributed by atoms with van der Waals surface area (Å²) in [5, 5.41) is 9.26. The van der Waals surface area contributed by atoms with Gasteiger partial charge in [0.25, 0.3) is 0 Å². The SMILES string of the molecule is Cl.Nc1ncc(-c2ccc([C@@]34C[C@@H]3CN(C3CCOCC3)C4)cc2)cc1C(=O)O. The number of carbonyl (C=O) groups is 1. The van der Waals surface area contributed by atoms with Crippen molar-refractivity contribution in [2.24, 2.45) is 5.92 Å². The first-order chi connectivity index (χ1) is 13.6. The third-order valence-electron chi connectivity index (χ3n) is 6.82. The summed E-state index contributed by atoms with van der Waals surface area (Å²) >= 11 is 0. The van der Waals surface area contributed by atoms with Crippen molar-refractivity contribution in [3.8, 4) is 11.1 Å². The maximum absolute atomic E-state index is 11.3. The molecule has 3 fully saturated rings. The second kappa shape index (κ2) is 7.59. The van der Waals surface area contributed by atoms with Crippen molar-refractivity contribution in [3.05, 3.63) is 47.7 Å². The third-order valence-corrected chi connectivity index (χ3v) is 6.82. The molecule has 0 amide bonds. The van der Waals surface area contributed by atoms with Gasteiger partial charge in [-0.15, -0.1) is 12.4 Å². The van der Waals surface area contributed by atoms with Crippen molar-refractivity contribution >= 4 is 24.2 Å². The van der Waals surface area contributed by atoms with Crippen LogP contribution in [0.15, 0.2) is 36.5 Å². The second-order valence-electron chi connectivity index (χ2n) is 8.37. The number of ether oxygens (including phenoxy) is 1. The normalized spacial score (nSPS) is 26.6. The van der Waals surface area contributed by atoms with Crippen molar-refractivity contribution < 1.29 is 14.6 Å². The molecule has 154 valence electrons. The number of rotatable bonds is 4. The maximum atomic E-state index is 11.3. The summed E-state index contributed by atoms with van der Waals surface area (Å²) in [6, 6.07) is 10.8. The summed E-state index contributed by atoms with van der Waals surface area (Å²) in [7, 11) is 0. The number of anilines is 1. The van der Waals surface area contributed by atoms with Gasteiger partial charge in [-0.3, -0.25) is 4.90 Å². The van der Waals surface area contributed by atoms with Gasteiger partial charge in [0.2, 0.25) is 0 Å². The van der Waals surface area contributed by atoms with Gasteiger partial charge in [-0.2, -0.15) is 0 Å². The Morgan fingerprint density at radius 2 is 1.93 bits per heavy atom. The molecular weight excluding hydrogens is 390 g/mol. The molecule has 2 saturated heterocycles. The highest BCUT2D eigenvalue weighted by atomic mass is 35.5. The number of likely N-dealkylation sites (tertiary alicyclic amines) is 1. The highest BCUT2D eigenvalue weighted by molar-refractivity contribution is 5.94. The van der Waals surface area contributed by atoms with Crippen LogP contribution in [0, 0.1) is 5.92 Å². The van der Waals surface area contributed by atoms with E-state index in [0.29, 0.717) is 11.5 Å². The molecule has 0 unspecified atom stereocenters. The van der Waals surface area contributed by atoms with E-state index in [1.807, 2.05) is 0 Å². The molecule has 3 aliphatic rings. The number of piperidine rings is 1. The van der Waals surface area contributed by atoms with Crippen LogP contribution in [0.3, 0.4) is 0 Å². The molecule has 3 N–H and O–H groups in total. The molecule has 0 radical (unpaired) electrons. The largest absolute Gasteiger partial charge is 0.478 e. The van der Waals surface area contributed by atoms with Crippen LogP contribution in [0.1, 0.15) is 35.2 Å². The quantitative estimate of drug-likeness (QED) is 0.797. The minimum Gasteiger partial charge on any atom is -0.478 e. The minimum atomic E-state index is -1.05. The fourth-order valence-electron chi connectivity index (χ4n) is 5.10. The molecule has 1 aromatic carbocycles. The summed E-state index contributed by atoms with van der Waals surface area (Å²) in [6.07, 6.45) is 5.21. The summed E-state index contributed by atoms with van der Waals surface area (Å²) in [4.78, 5) is 18.0. The fraction of sp³-hybridized carbons (Fsp3) is 0.455. The van der Waals surface area contributed by atoms with Crippen molar-refractivity contribution in [1.82, 2.24) is 9.88 Å². The summed E-state index contributed by atoms with van der Waals surface area (Å²) < 4.78 is 5.52. The second-order valence-corrected chi connectivity index (χ2v) is 8.37. The lowest BCUT2D eigenvalue weighted by molar-refractivity contribution is 0.0378. The van der Waals surface area contributed by atoms with Gasteiger partial charge in [-0.05, 0) is 42.4 Å². The Bertz CT molecular complexity index is 914. The molecule has 29 heavy (non-hydrogen) atoms. The van der Waals surface area contributed by atoms with Crippen LogP contribution < -0.4 is 5.73 Å². The van der Waals surface area contributed by atoms with Crippen LogP contribution in [-0.4, -0.2) is 53.3 Å². The van der Waals surface area contributed by atoms with E-state index < -0.39 is 5.97 Å². The predicted octanol–water partition coefficient (Wildman–Crippen LogP) is 3.20. The highest BCUT2D eigenvalue weighted by Crippen LogP contribution is 2.59. The van der Waals surface area contributed by atoms with Crippen LogP contribution in [0.5, 0.6) is 0 Å². The third kappa shape index (κ3) is 3.50. The number of benzene rings is 1. The number of carboxylic acids is 1. The van der Waals surface area contributed by atoms with Crippen molar-refractivity contribution in [1.29, 1.82) is 0 Å². The number of aromatic carboxylic acids is 1. The molecule has 0 spiro atoms. The number of nitrogens with two attached hydrogens (primary N) is 1. The molecule has 2 atom stereocenters. The number of carboxylic acid groups (broad SMARTS) is 1. The standard InChI is InChI=1S/C22H25N3O3.ClH/c23-20-19(21(26)27)9-15(11-24-20)14-1-3-16(4-2-14)22-10-17(22)12-25(13-22)18-5-7-28-8-6-18;/h1-4,9,11,17-18H,5-8,10,12-13H2,(H2,23,24)(H,26,27);1H/t17-,22+;/m1./s1. The Kier molecular flexibility index (Phi) is 5.27. The molecule has 2 aromatic rings. The van der Waals surface area contributed by atoms with E-state index in [2.05, 4.69) is 34.1 Å². The molecule has 7 heteroatoms. The first kappa shape index (κ1) is 20.1. The molecule has 6 nitrogen and oxygen atoms in total. The molecule has 5 rings (SSSR count). The molecule has 2 aliphatic heterocycles. The Balaban J connectivity index is 0.00000205. The molecule has 1 saturated carbocycles. The zero-order valence-corrected chi connectivity index (χ0v) is 17.0. The molecule has 3 heterocycles. The van der Waals surface area contributed by atoms with Crippen LogP contribution >= 0.6 is 12.4 Å². The lowest BCUT2D eigenvalue weighted by atomic mass is 9.92. The zero-order chi connectivity index (χ0) is 19.3. The number of pyridine rings is 1. The molecule has 1 aliphatic carbocycles. The van der Waals surface area contributed by atoms with Gasteiger partial charge in [-0.25, -0.2) is 9.78 Å². The van der Waals surface area contributed by atoms with E-state index in [1.165, 1.54) is 18.5 Å². The first-order valence-electron chi connectivity index (χ1n) is 9.98. The number of fused-ring (bicyclic) bond motifs is 1. The Hall–Kier alpha value is -2.15. The topological polar surface area (TPSA) is 88.7 Å². The van der Waals surface area contributed by atoms with E-state index in [1.54, 1.807) is 12.3 Å². The lowest BCUT2D eigenvalue weighted by Crippen LogP contribution is -2.40. The monoisotopic (exact) mass is 415 g/mol. The van der Waals surface area contributed by atoms with Gasteiger partial charge < -0.3 is 15.6 Å². The molecule has 1 aromatic heterocycles. The highest BCUT2D eigenvalue weighted by Gasteiger charge is 2.61. The van der Waals surface area contributed by atoms with Gasteiger partial charge >= 0.3 is 5.97 Å². The summed E-state index contributed by atoms with van der Waals surface area (Å²) in [5.41, 5.74) is 9.16. The van der Waals surface area contributed by atoms with E-state index in [0.717, 1.165) is 49.6 Å². The van der Waals surface area contributed by atoms with E-state index in [9.17, 15) is 9.90 Å². The zero-order valence-electron chi connectivity index (χ0n) is 16.2. The van der Waals surface area contributed by atoms with Gasteiger partial charge in [0.15, 0.2) is 0 Å². The van der Waals surface area contributed by atoms with E-state index in [4.69, 9.17) is 10.5 Å². The lowest BCUT2D eigenvalue weighted by Gasteiger charge is -2.33. The van der Waals surface area contributed by atoms with Crippen molar-refractivity contribution in [3.63, 3.8) is 0 Å². The average molecular weight is 416 g/mol. The van der Waals surface area contributed by atoms with E-state index in [-0.39, 0.29) is 23.8 Å². The number of nitrogen functional groups attached to an aromatic ring is 1. The molecular formula is C22H26ClN3O3. The first-order valence-corrected chi connectivity index (χ1v) is 9.98. The number of halogens is 1. The Morgan fingerprint density at radius 3 is 2.62 bits per heavy atom. The van der Waals surface area contributed by atoms with Crippen LogP contribution in [0.2, 0.25) is 0 Å². The van der Waals surface area contributed by atoms with Gasteiger partial charge in [0.05, 0.1) is 0 Å².